The smallest absolute Gasteiger partial charge is 0.133 e. The van der Waals surface area contributed by atoms with E-state index in [1.807, 2.05) is 30.5 Å². The highest BCUT2D eigenvalue weighted by Gasteiger charge is 2.02. The van der Waals surface area contributed by atoms with Gasteiger partial charge in [-0.1, -0.05) is 51.5 Å². The molecule has 0 aliphatic carbocycles. The summed E-state index contributed by atoms with van der Waals surface area (Å²) in [6, 6.07) is 12.3. The molecule has 0 spiro atoms. The highest BCUT2D eigenvalue weighted by molar-refractivity contribution is 9.10. The Bertz CT molecular complexity index is 758. The van der Waals surface area contributed by atoms with Crippen LogP contribution >= 0.6 is 15.9 Å². The van der Waals surface area contributed by atoms with E-state index in [9.17, 15) is 0 Å². The van der Waals surface area contributed by atoms with Crippen molar-refractivity contribution in [2.75, 3.05) is 12.0 Å². The largest absolute Gasteiger partial charge is 0.492 e. The van der Waals surface area contributed by atoms with Crippen LogP contribution in [0.2, 0.25) is 0 Å². The minimum Gasteiger partial charge on any atom is -0.492 e. The van der Waals surface area contributed by atoms with Crippen LogP contribution in [0.15, 0.2) is 46.0 Å². The Labute approximate surface area is 178 Å². The minimum absolute atomic E-state index is 0.772. The number of benzene rings is 2. The van der Waals surface area contributed by atoms with Crippen LogP contribution in [-0.4, -0.2) is 12.8 Å². The maximum Gasteiger partial charge on any atom is 0.133 e. The zero-order valence-electron chi connectivity index (χ0n) is 17.4. The molecule has 2 aromatic rings. The number of unbranched alkanes of at least 4 members (excludes halogenated alkanes) is 6. The van der Waals surface area contributed by atoms with Gasteiger partial charge in [0.2, 0.25) is 0 Å². The standard InChI is InChI=1S/C24H33BrN2O/c1-4-5-6-7-8-9-10-15-28-24-14-12-21(17-23(24)25)18-26-27-22-13-11-19(2)20(3)16-22/h11-14,16-18,27H,4-10,15H2,1-3H3/b26-18+. The van der Waals surface area contributed by atoms with E-state index in [1.165, 1.54) is 49.7 Å². The SMILES string of the molecule is CCCCCCCCCOc1ccc(/C=N/Nc2ccc(C)c(C)c2)cc1Br. The summed E-state index contributed by atoms with van der Waals surface area (Å²) in [5.41, 5.74) is 7.64. The number of nitrogens with zero attached hydrogens (tertiary/aromatic N) is 1. The van der Waals surface area contributed by atoms with Gasteiger partial charge in [-0.05, 0) is 83.2 Å². The number of ether oxygens (including phenoxy) is 1. The third kappa shape index (κ3) is 8.05. The molecule has 0 saturated carbocycles. The van der Waals surface area contributed by atoms with Crippen molar-refractivity contribution in [3.05, 3.63) is 57.6 Å². The summed E-state index contributed by atoms with van der Waals surface area (Å²) in [6.07, 6.45) is 10.9. The molecule has 0 amide bonds. The molecule has 3 nitrogen and oxygen atoms in total. The van der Waals surface area contributed by atoms with Gasteiger partial charge in [-0.25, -0.2) is 0 Å². The van der Waals surface area contributed by atoms with Gasteiger partial charge < -0.3 is 4.74 Å². The van der Waals surface area contributed by atoms with E-state index in [2.05, 4.69) is 59.4 Å². The lowest BCUT2D eigenvalue weighted by Gasteiger charge is -2.09. The summed E-state index contributed by atoms with van der Waals surface area (Å²) in [5, 5.41) is 4.33. The molecule has 2 rings (SSSR count). The van der Waals surface area contributed by atoms with Gasteiger partial charge >= 0.3 is 0 Å². The maximum absolute atomic E-state index is 5.91. The molecule has 0 aliphatic heterocycles. The van der Waals surface area contributed by atoms with Gasteiger partial charge in [-0.3, -0.25) is 5.43 Å². The van der Waals surface area contributed by atoms with Crippen LogP contribution in [0, 0.1) is 13.8 Å². The zero-order valence-corrected chi connectivity index (χ0v) is 19.0. The first kappa shape index (κ1) is 22.5. The Kier molecular flexibility index (Phi) is 10.1. The van der Waals surface area contributed by atoms with Gasteiger partial charge in [0.25, 0.3) is 0 Å². The highest BCUT2D eigenvalue weighted by atomic mass is 79.9. The molecule has 0 saturated heterocycles. The van der Waals surface area contributed by atoms with Gasteiger partial charge in [-0.2, -0.15) is 5.10 Å². The first-order valence-electron chi connectivity index (χ1n) is 10.4. The molecule has 0 radical (unpaired) electrons. The van der Waals surface area contributed by atoms with Gasteiger partial charge in [-0.15, -0.1) is 0 Å². The van der Waals surface area contributed by atoms with Gasteiger partial charge in [0.1, 0.15) is 5.75 Å². The molecule has 0 aliphatic rings. The molecular formula is C24H33BrN2O. The fourth-order valence-electron chi connectivity index (χ4n) is 2.95. The van der Waals surface area contributed by atoms with E-state index in [1.54, 1.807) is 0 Å². The number of nitrogens with one attached hydrogen (secondary N) is 1. The summed E-state index contributed by atoms with van der Waals surface area (Å²) in [6.45, 7) is 7.24. The molecule has 4 heteroatoms. The van der Waals surface area contributed by atoms with E-state index in [0.29, 0.717) is 0 Å². The van der Waals surface area contributed by atoms with Crippen LogP contribution in [0.3, 0.4) is 0 Å². The normalized spacial score (nSPS) is 11.1. The third-order valence-electron chi connectivity index (χ3n) is 4.88. The molecule has 0 aromatic heterocycles. The Morgan fingerprint density at radius 3 is 2.39 bits per heavy atom. The lowest BCUT2D eigenvalue weighted by Crippen LogP contribution is -1.98. The Morgan fingerprint density at radius 2 is 1.68 bits per heavy atom. The van der Waals surface area contributed by atoms with Crippen molar-refractivity contribution in [2.24, 2.45) is 5.10 Å². The molecule has 2 aromatic carbocycles. The van der Waals surface area contributed by atoms with E-state index >= 15 is 0 Å². The van der Waals surface area contributed by atoms with Crippen molar-refractivity contribution in [1.82, 2.24) is 0 Å². The van der Waals surface area contributed by atoms with Crippen LogP contribution in [0.25, 0.3) is 0 Å². The fourth-order valence-corrected chi connectivity index (χ4v) is 3.46. The number of aryl methyl sites for hydroxylation is 2. The Hall–Kier alpha value is -1.81. The summed E-state index contributed by atoms with van der Waals surface area (Å²) in [5.74, 6) is 0.894. The molecule has 28 heavy (non-hydrogen) atoms. The van der Waals surface area contributed by atoms with Crippen molar-refractivity contribution in [1.29, 1.82) is 0 Å². The van der Waals surface area contributed by atoms with Gasteiger partial charge in [0.15, 0.2) is 0 Å². The predicted molar refractivity (Wildman–Crippen MR) is 125 cm³/mol. The average Bonchev–Trinajstić information content (AvgIpc) is 2.68. The summed E-state index contributed by atoms with van der Waals surface area (Å²) < 4.78 is 6.87. The van der Waals surface area contributed by atoms with Crippen LogP contribution in [0.5, 0.6) is 5.75 Å². The van der Waals surface area contributed by atoms with E-state index < -0.39 is 0 Å². The van der Waals surface area contributed by atoms with Crippen LogP contribution in [-0.2, 0) is 0 Å². The van der Waals surface area contributed by atoms with Gasteiger partial charge in [0.05, 0.1) is 23.0 Å². The number of halogens is 1. The average molecular weight is 445 g/mol. The molecule has 0 atom stereocenters. The predicted octanol–water partition coefficient (Wildman–Crippen LogP) is 7.64. The minimum atomic E-state index is 0.772. The summed E-state index contributed by atoms with van der Waals surface area (Å²) in [4.78, 5) is 0. The third-order valence-corrected chi connectivity index (χ3v) is 5.50. The lowest BCUT2D eigenvalue weighted by molar-refractivity contribution is 0.302. The van der Waals surface area contributed by atoms with E-state index in [-0.39, 0.29) is 0 Å². The van der Waals surface area contributed by atoms with Crippen molar-refractivity contribution in [3.63, 3.8) is 0 Å². The van der Waals surface area contributed by atoms with Crippen molar-refractivity contribution in [2.45, 2.75) is 65.7 Å². The second kappa shape index (κ2) is 12.6. The zero-order chi connectivity index (χ0) is 20.2. The highest BCUT2D eigenvalue weighted by Crippen LogP contribution is 2.26. The number of hydrogen-bond acceptors (Lipinski definition) is 3. The van der Waals surface area contributed by atoms with E-state index in [0.717, 1.165) is 34.5 Å². The van der Waals surface area contributed by atoms with Gasteiger partial charge in [0, 0.05) is 0 Å². The van der Waals surface area contributed by atoms with Crippen LogP contribution < -0.4 is 10.2 Å². The fraction of sp³-hybridized carbons (Fsp3) is 0.458. The molecular weight excluding hydrogens is 412 g/mol. The number of hydrazone groups is 1. The number of hydrogen-bond donors (Lipinski definition) is 1. The van der Waals surface area contributed by atoms with E-state index in [4.69, 9.17) is 4.74 Å². The first-order valence-corrected chi connectivity index (χ1v) is 11.2. The molecule has 152 valence electrons. The van der Waals surface area contributed by atoms with Crippen molar-refractivity contribution < 1.29 is 4.74 Å². The van der Waals surface area contributed by atoms with Crippen LogP contribution in [0.4, 0.5) is 5.69 Å². The number of rotatable bonds is 12. The Morgan fingerprint density at radius 1 is 0.929 bits per heavy atom. The van der Waals surface area contributed by atoms with Crippen molar-refractivity contribution >= 4 is 27.8 Å². The summed E-state index contributed by atoms with van der Waals surface area (Å²) >= 11 is 3.61. The summed E-state index contributed by atoms with van der Waals surface area (Å²) in [7, 11) is 0. The molecule has 0 heterocycles. The molecule has 1 N–H and O–H groups in total. The second-order valence-electron chi connectivity index (χ2n) is 7.33. The molecule has 0 unspecified atom stereocenters. The second-order valence-corrected chi connectivity index (χ2v) is 8.18. The molecule has 0 fully saturated rings. The monoisotopic (exact) mass is 444 g/mol. The molecule has 0 bridgehead atoms. The quantitative estimate of drug-likeness (QED) is 0.207. The Balaban J connectivity index is 1.74. The maximum atomic E-state index is 5.91. The van der Waals surface area contributed by atoms with Crippen LogP contribution in [0.1, 0.15) is 68.6 Å². The topological polar surface area (TPSA) is 33.6 Å². The first-order chi connectivity index (χ1) is 13.6. The number of anilines is 1. The lowest BCUT2D eigenvalue weighted by atomic mass is 10.1. The van der Waals surface area contributed by atoms with Crippen molar-refractivity contribution in [3.8, 4) is 5.75 Å².